The molecule has 1 amide bonds. The molecule has 0 saturated carbocycles. The van der Waals surface area contributed by atoms with Gasteiger partial charge in [0.2, 0.25) is 5.91 Å². The maximum atomic E-state index is 11.7. The van der Waals surface area contributed by atoms with Crippen LogP contribution in [0.2, 0.25) is 0 Å². The average Bonchev–Trinajstić information content (AvgIpc) is 2.23. The van der Waals surface area contributed by atoms with E-state index in [-0.39, 0.29) is 17.2 Å². The smallest absolute Gasteiger partial charge is 0.223 e. The molecule has 1 N–H and O–H groups in total. The Morgan fingerprint density at radius 3 is 2.29 bits per heavy atom. The largest absolute Gasteiger partial charge is 0.359 e. The van der Waals surface area contributed by atoms with Gasteiger partial charge in [0.05, 0.1) is 0 Å². The van der Waals surface area contributed by atoms with Gasteiger partial charge in [-0.1, -0.05) is 26.8 Å². The number of hydrogen-bond acceptors (Lipinski definition) is 1. The molecule has 1 unspecified atom stereocenters. The van der Waals surface area contributed by atoms with Gasteiger partial charge >= 0.3 is 0 Å². The summed E-state index contributed by atoms with van der Waals surface area (Å²) in [6.07, 6.45) is 4.65. The SMILES string of the molecule is C=CCC(C(=O)NC)C(C)(CC)CC. The predicted molar refractivity (Wildman–Crippen MR) is 61.1 cm³/mol. The first-order valence-corrected chi connectivity index (χ1v) is 5.38. The fourth-order valence-electron chi connectivity index (χ4n) is 1.79. The van der Waals surface area contributed by atoms with Gasteiger partial charge in [-0.25, -0.2) is 0 Å². The lowest BCUT2D eigenvalue weighted by Gasteiger charge is -2.34. The van der Waals surface area contributed by atoms with E-state index in [2.05, 4.69) is 32.7 Å². The first kappa shape index (κ1) is 13.2. The Morgan fingerprint density at radius 2 is 2.00 bits per heavy atom. The number of nitrogens with one attached hydrogen (secondary N) is 1. The van der Waals surface area contributed by atoms with Gasteiger partial charge in [0, 0.05) is 13.0 Å². The van der Waals surface area contributed by atoms with Crippen LogP contribution >= 0.6 is 0 Å². The number of rotatable bonds is 6. The minimum atomic E-state index is 0.0556. The van der Waals surface area contributed by atoms with Gasteiger partial charge in [0.15, 0.2) is 0 Å². The van der Waals surface area contributed by atoms with Crippen LogP contribution < -0.4 is 5.32 Å². The molecule has 0 fully saturated rings. The average molecular weight is 197 g/mol. The zero-order valence-corrected chi connectivity index (χ0v) is 9.89. The van der Waals surface area contributed by atoms with Crippen LogP contribution in [0.5, 0.6) is 0 Å². The number of carbonyl (C=O) groups is 1. The fourth-order valence-corrected chi connectivity index (χ4v) is 1.79. The normalized spacial score (nSPS) is 13.4. The molecule has 0 radical (unpaired) electrons. The van der Waals surface area contributed by atoms with Crippen molar-refractivity contribution in [1.29, 1.82) is 0 Å². The Labute approximate surface area is 87.8 Å². The Bertz CT molecular complexity index is 194. The minimum Gasteiger partial charge on any atom is -0.359 e. The summed E-state index contributed by atoms with van der Waals surface area (Å²) >= 11 is 0. The minimum absolute atomic E-state index is 0.0556. The molecule has 2 heteroatoms. The zero-order chi connectivity index (χ0) is 11.2. The van der Waals surface area contributed by atoms with E-state index in [1.54, 1.807) is 7.05 Å². The van der Waals surface area contributed by atoms with E-state index in [1.807, 2.05) is 6.08 Å². The molecule has 0 aliphatic rings. The van der Waals surface area contributed by atoms with E-state index < -0.39 is 0 Å². The first-order chi connectivity index (χ1) is 6.55. The fraction of sp³-hybridized carbons (Fsp3) is 0.750. The molecule has 2 nitrogen and oxygen atoms in total. The lowest BCUT2D eigenvalue weighted by molar-refractivity contribution is -0.128. The van der Waals surface area contributed by atoms with E-state index in [0.29, 0.717) is 0 Å². The van der Waals surface area contributed by atoms with Crippen molar-refractivity contribution in [1.82, 2.24) is 5.32 Å². The number of amides is 1. The summed E-state index contributed by atoms with van der Waals surface area (Å²) in [4.78, 5) is 11.7. The summed E-state index contributed by atoms with van der Waals surface area (Å²) in [6.45, 7) is 10.2. The van der Waals surface area contributed by atoms with Gasteiger partial charge in [-0.3, -0.25) is 4.79 Å². The molecule has 0 bridgehead atoms. The van der Waals surface area contributed by atoms with Gasteiger partial charge in [-0.05, 0) is 24.7 Å². The zero-order valence-electron chi connectivity index (χ0n) is 9.89. The first-order valence-electron chi connectivity index (χ1n) is 5.38. The second-order valence-electron chi connectivity index (χ2n) is 4.05. The van der Waals surface area contributed by atoms with Gasteiger partial charge < -0.3 is 5.32 Å². The highest BCUT2D eigenvalue weighted by Crippen LogP contribution is 2.37. The third kappa shape index (κ3) is 2.86. The summed E-state index contributed by atoms with van der Waals surface area (Å²) in [5.41, 5.74) is 0.0916. The molecule has 0 aromatic heterocycles. The van der Waals surface area contributed by atoms with Crippen LogP contribution in [0.15, 0.2) is 12.7 Å². The van der Waals surface area contributed by atoms with E-state index in [1.165, 1.54) is 0 Å². The van der Waals surface area contributed by atoms with Crippen LogP contribution in [0.25, 0.3) is 0 Å². The van der Waals surface area contributed by atoms with Crippen LogP contribution in [0, 0.1) is 11.3 Å². The van der Waals surface area contributed by atoms with Gasteiger partial charge in [-0.15, -0.1) is 6.58 Å². The van der Waals surface area contributed by atoms with Crippen molar-refractivity contribution in [3.63, 3.8) is 0 Å². The van der Waals surface area contributed by atoms with Gasteiger partial charge in [0.25, 0.3) is 0 Å². The van der Waals surface area contributed by atoms with Crippen molar-refractivity contribution in [2.24, 2.45) is 11.3 Å². The van der Waals surface area contributed by atoms with E-state index in [9.17, 15) is 4.79 Å². The van der Waals surface area contributed by atoms with Crippen molar-refractivity contribution >= 4 is 5.91 Å². The Kier molecular flexibility index (Phi) is 5.51. The summed E-state index contributed by atoms with van der Waals surface area (Å²) in [5.74, 6) is 0.191. The van der Waals surface area contributed by atoms with E-state index in [4.69, 9.17) is 0 Å². The molecule has 0 rings (SSSR count). The Balaban J connectivity index is 4.77. The molecular formula is C12H23NO. The van der Waals surface area contributed by atoms with Crippen molar-refractivity contribution < 1.29 is 4.79 Å². The van der Waals surface area contributed by atoms with Gasteiger partial charge in [-0.2, -0.15) is 0 Å². The van der Waals surface area contributed by atoms with Crippen LogP contribution in [0.3, 0.4) is 0 Å². The highest BCUT2D eigenvalue weighted by molar-refractivity contribution is 5.79. The van der Waals surface area contributed by atoms with Crippen LogP contribution in [0.4, 0.5) is 0 Å². The molecule has 0 spiro atoms. The quantitative estimate of drug-likeness (QED) is 0.652. The molecule has 14 heavy (non-hydrogen) atoms. The number of carbonyl (C=O) groups excluding carboxylic acids is 1. The second-order valence-corrected chi connectivity index (χ2v) is 4.05. The highest BCUT2D eigenvalue weighted by atomic mass is 16.1. The summed E-state index contributed by atoms with van der Waals surface area (Å²) in [5, 5.41) is 2.74. The van der Waals surface area contributed by atoms with E-state index >= 15 is 0 Å². The molecule has 0 aromatic rings. The third-order valence-corrected chi connectivity index (χ3v) is 3.42. The molecule has 0 saturated heterocycles. The molecule has 0 heterocycles. The second kappa shape index (κ2) is 5.84. The summed E-state index contributed by atoms with van der Waals surface area (Å²) in [7, 11) is 1.70. The third-order valence-electron chi connectivity index (χ3n) is 3.42. The Morgan fingerprint density at radius 1 is 1.50 bits per heavy atom. The van der Waals surface area contributed by atoms with E-state index in [0.717, 1.165) is 19.3 Å². The maximum Gasteiger partial charge on any atom is 0.223 e. The molecule has 0 aliphatic carbocycles. The van der Waals surface area contributed by atoms with Crippen molar-refractivity contribution in [2.45, 2.75) is 40.0 Å². The molecular weight excluding hydrogens is 174 g/mol. The Hall–Kier alpha value is -0.790. The predicted octanol–water partition coefficient (Wildman–Crippen LogP) is 2.75. The molecule has 1 atom stereocenters. The highest BCUT2D eigenvalue weighted by Gasteiger charge is 2.34. The number of allylic oxidation sites excluding steroid dienone is 1. The van der Waals surface area contributed by atoms with Crippen LogP contribution in [-0.4, -0.2) is 13.0 Å². The van der Waals surface area contributed by atoms with Gasteiger partial charge in [0.1, 0.15) is 0 Å². The summed E-state index contributed by atoms with van der Waals surface area (Å²) < 4.78 is 0. The van der Waals surface area contributed by atoms with Crippen molar-refractivity contribution in [3.8, 4) is 0 Å². The topological polar surface area (TPSA) is 29.1 Å². The number of hydrogen-bond donors (Lipinski definition) is 1. The van der Waals surface area contributed by atoms with Crippen molar-refractivity contribution in [2.75, 3.05) is 7.05 Å². The van der Waals surface area contributed by atoms with Crippen LogP contribution in [0.1, 0.15) is 40.0 Å². The monoisotopic (exact) mass is 197 g/mol. The molecule has 0 aliphatic heterocycles. The molecule has 0 aromatic carbocycles. The van der Waals surface area contributed by atoms with Crippen molar-refractivity contribution in [3.05, 3.63) is 12.7 Å². The molecule has 82 valence electrons. The standard InChI is InChI=1S/C12H23NO/c1-6-9-10(11(14)13-5)12(4,7-2)8-3/h6,10H,1,7-9H2,2-5H3,(H,13,14). The van der Waals surface area contributed by atoms with Crippen LogP contribution in [-0.2, 0) is 4.79 Å². The lowest BCUT2D eigenvalue weighted by Crippen LogP contribution is -2.38. The maximum absolute atomic E-state index is 11.7. The summed E-state index contributed by atoms with van der Waals surface area (Å²) in [6, 6.07) is 0. The lowest BCUT2D eigenvalue weighted by atomic mass is 9.71.